The fraction of sp³-hybridized carbons (Fsp3) is 0.538. The highest BCUT2D eigenvalue weighted by molar-refractivity contribution is 9.10. The van der Waals surface area contributed by atoms with Crippen LogP contribution >= 0.6 is 15.9 Å². The molecule has 88 valence electrons. The standard InChI is InChI=1S/C13H19BrN2/c1-10-5-6-11(14)8-13(10)16(2)9-12-4-3-7-15-12/h5-6,8,12,15H,3-4,7,9H2,1-2H3. The zero-order valence-electron chi connectivity index (χ0n) is 9.96. The van der Waals surface area contributed by atoms with Crippen LogP contribution in [-0.4, -0.2) is 26.2 Å². The van der Waals surface area contributed by atoms with Crippen molar-refractivity contribution in [2.24, 2.45) is 0 Å². The first-order valence-electron chi connectivity index (χ1n) is 5.87. The number of anilines is 1. The molecule has 1 fully saturated rings. The van der Waals surface area contributed by atoms with Gasteiger partial charge in [0.15, 0.2) is 0 Å². The van der Waals surface area contributed by atoms with Gasteiger partial charge in [-0.05, 0) is 44.0 Å². The molecule has 1 aliphatic heterocycles. The number of hydrogen-bond donors (Lipinski definition) is 1. The van der Waals surface area contributed by atoms with Gasteiger partial charge in [-0.15, -0.1) is 0 Å². The van der Waals surface area contributed by atoms with Gasteiger partial charge in [0.25, 0.3) is 0 Å². The fourth-order valence-electron chi connectivity index (χ4n) is 2.34. The molecular formula is C13H19BrN2. The minimum atomic E-state index is 0.656. The summed E-state index contributed by atoms with van der Waals surface area (Å²) >= 11 is 3.54. The van der Waals surface area contributed by atoms with Gasteiger partial charge in [-0.25, -0.2) is 0 Å². The molecule has 0 saturated carbocycles. The second-order valence-electron chi connectivity index (χ2n) is 4.60. The molecule has 0 radical (unpaired) electrons. The van der Waals surface area contributed by atoms with Gasteiger partial charge in [0.05, 0.1) is 0 Å². The van der Waals surface area contributed by atoms with Crippen LogP contribution in [0.15, 0.2) is 22.7 Å². The van der Waals surface area contributed by atoms with Gasteiger partial charge in [0.1, 0.15) is 0 Å². The van der Waals surface area contributed by atoms with Gasteiger partial charge >= 0.3 is 0 Å². The predicted molar refractivity (Wildman–Crippen MR) is 73.2 cm³/mol. The number of halogens is 1. The molecule has 1 aliphatic rings. The average Bonchev–Trinajstić information content (AvgIpc) is 2.74. The fourth-order valence-corrected chi connectivity index (χ4v) is 2.68. The molecular weight excluding hydrogens is 264 g/mol. The number of rotatable bonds is 3. The summed E-state index contributed by atoms with van der Waals surface area (Å²) in [6.45, 7) is 4.44. The molecule has 3 heteroatoms. The van der Waals surface area contributed by atoms with Crippen molar-refractivity contribution in [1.82, 2.24) is 5.32 Å². The van der Waals surface area contributed by atoms with Gasteiger partial charge < -0.3 is 10.2 Å². The van der Waals surface area contributed by atoms with Gasteiger partial charge in [-0.3, -0.25) is 0 Å². The molecule has 0 aliphatic carbocycles. The Bertz CT molecular complexity index is 359. The van der Waals surface area contributed by atoms with E-state index in [1.54, 1.807) is 0 Å². The zero-order valence-corrected chi connectivity index (χ0v) is 11.5. The van der Waals surface area contributed by atoms with Crippen molar-refractivity contribution in [3.8, 4) is 0 Å². The number of likely N-dealkylation sites (N-methyl/N-ethyl adjacent to an activating group) is 1. The zero-order chi connectivity index (χ0) is 11.5. The van der Waals surface area contributed by atoms with E-state index >= 15 is 0 Å². The Morgan fingerprint density at radius 2 is 2.31 bits per heavy atom. The van der Waals surface area contributed by atoms with Gasteiger partial charge in [0, 0.05) is 29.8 Å². The van der Waals surface area contributed by atoms with Crippen LogP contribution < -0.4 is 10.2 Å². The van der Waals surface area contributed by atoms with E-state index < -0.39 is 0 Å². The van der Waals surface area contributed by atoms with E-state index in [1.165, 1.54) is 30.6 Å². The Labute approximate surface area is 106 Å². The first-order valence-corrected chi connectivity index (χ1v) is 6.67. The lowest BCUT2D eigenvalue weighted by atomic mass is 10.1. The third kappa shape index (κ3) is 2.77. The lowest BCUT2D eigenvalue weighted by Gasteiger charge is -2.25. The third-order valence-corrected chi connectivity index (χ3v) is 3.73. The quantitative estimate of drug-likeness (QED) is 0.917. The second kappa shape index (κ2) is 5.19. The van der Waals surface area contributed by atoms with Crippen LogP contribution in [0.4, 0.5) is 5.69 Å². The summed E-state index contributed by atoms with van der Waals surface area (Å²) in [7, 11) is 2.18. The molecule has 2 rings (SSSR count). The summed E-state index contributed by atoms with van der Waals surface area (Å²) in [6.07, 6.45) is 2.62. The van der Waals surface area contributed by atoms with Gasteiger partial charge in [0.2, 0.25) is 0 Å². The van der Waals surface area contributed by atoms with Crippen molar-refractivity contribution in [3.05, 3.63) is 28.2 Å². The van der Waals surface area contributed by atoms with E-state index in [0.717, 1.165) is 11.0 Å². The average molecular weight is 283 g/mol. The van der Waals surface area contributed by atoms with Crippen molar-refractivity contribution < 1.29 is 0 Å². The number of aryl methyl sites for hydroxylation is 1. The SMILES string of the molecule is Cc1ccc(Br)cc1N(C)CC1CCCN1. The van der Waals surface area contributed by atoms with E-state index in [4.69, 9.17) is 0 Å². The van der Waals surface area contributed by atoms with Crippen LogP contribution in [0.5, 0.6) is 0 Å². The van der Waals surface area contributed by atoms with Crippen LogP contribution in [0.3, 0.4) is 0 Å². The van der Waals surface area contributed by atoms with Gasteiger partial charge in [-0.2, -0.15) is 0 Å². The van der Waals surface area contributed by atoms with E-state index in [1.807, 2.05) is 0 Å². The summed E-state index contributed by atoms with van der Waals surface area (Å²) in [4.78, 5) is 2.35. The van der Waals surface area contributed by atoms with Crippen LogP contribution in [0, 0.1) is 6.92 Å². The summed E-state index contributed by atoms with van der Waals surface area (Å²) in [5, 5.41) is 3.54. The smallest absolute Gasteiger partial charge is 0.0405 e. The highest BCUT2D eigenvalue weighted by Crippen LogP contribution is 2.24. The van der Waals surface area contributed by atoms with Crippen molar-refractivity contribution in [1.29, 1.82) is 0 Å². The first kappa shape index (κ1) is 11.9. The molecule has 1 unspecified atom stereocenters. The maximum atomic E-state index is 3.54. The molecule has 1 atom stereocenters. The Kier molecular flexibility index (Phi) is 3.87. The lowest BCUT2D eigenvalue weighted by molar-refractivity contribution is 0.599. The van der Waals surface area contributed by atoms with E-state index in [2.05, 4.69) is 58.3 Å². The Morgan fingerprint density at radius 1 is 1.50 bits per heavy atom. The topological polar surface area (TPSA) is 15.3 Å². The van der Waals surface area contributed by atoms with E-state index in [-0.39, 0.29) is 0 Å². The van der Waals surface area contributed by atoms with Crippen molar-refractivity contribution >= 4 is 21.6 Å². The normalized spacial score (nSPS) is 20.1. The molecule has 1 saturated heterocycles. The minimum Gasteiger partial charge on any atom is -0.373 e. The number of nitrogens with zero attached hydrogens (tertiary/aromatic N) is 1. The lowest BCUT2D eigenvalue weighted by Crippen LogP contribution is -2.35. The molecule has 1 aromatic carbocycles. The van der Waals surface area contributed by atoms with Crippen molar-refractivity contribution in [2.75, 3.05) is 25.0 Å². The highest BCUT2D eigenvalue weighted by Gasteiger charge is 2.16. The molecule has 16 heavy (non-hydrogen) atoms. The highest BCUT2D eigenvalue weighted by atomic mass is 79.9. The van der Waals surface area contributed by atoms with E-state index in [9.17, 15) is 0 Å². The third-order valence-electron chi connectivity index (χ3n) is 3.24. The van der Waals surface area contributed by atoms with Crippen LogP contribution in [0.25, 0.3) is 0 Å². The Morgan fingerprint density at radius 3 is 3.00 bits per heavy atom. The van der Waals surface area contributed by atoms with E-state index in [0.29, 0.717) is 6.04 Å². The minimum absolute atomic E-state index is 0.656. The Balaban J connectivity index is 2.07. The molecule has 0 bridgehead atoms. The summed E-state index contributed by atoms with van der Waals surface area (Å²) in [6, 6.07) is 7.12. The van der Waals surface area contributed by atoms with Gasteiger partial charge in [-0.1, -0.05) is 22.0 Å². The van der Waals surface area contributed by atoms with Crippen LogP contribution in [0.1, 0.15) is 18.4 Å². The summed E-state index contributed by atoms with van der Waals surface area (Å²) in [5.41, 5.74) is 2.66. The molecule has 1 N–H and O–H groups in total. The molecule has 1 heterocycles. The molecule has 1 aromatic rings. The summed E-state index contributed by atoms with van der Waals surface area (Å²) < 4.78 is 1.15. The summed E-state index contributed by atoms with van der Waals surface area (Å²) in [5.74, 6) is 0. The first-order chi connectivity index (χ1) is 7.66. The number of benzene rings is 1. The molecule has 0 aromatic heterocycles. The second-order valence-corrected chi connectivity index (χ2v) is 5.52. The van der Waals surface area contributed by atoms with Crippen LogP contribution in [0.2, 0.25) is 0 Å². The maximum Gasteiger partial charge on any atom is 0.0405 e. The number of nitrogens with one attached hydrogen (secondary N) is 1. The molecule has 0 amide bonds. The molecule has 2 nitrogen and oxygen atoms in total. The largest absolute Gasteiger partial charge is 0.373 e. The Hall–Kier alpha value is -0.540. The van der Waals surface area contributed by atoms with Crippen LogP contribution in [-0.2, 0) is 0 Å². The van der Waals surface area contributed by atoms with Crippen molar-refractivity contribution in [2.45, 2.75) is 25.8 Å². The predicted octanol–water partition coefficient (Wildman–Crippen LogP) is 2.95. The molecule has 0 spiro atoms. The van der Waals surface area contributed by atoms with Crippen molar-refractivity contribution in [3.63, 3.8) is 0 Å². The number of hydrogen-bond acceptors (Lipinski definition) is 2. The maximum absolute atomic E-state index is 3.54. The monoisotopic (exact) mass is 282 g/mol.